The lowest BCUT2D eigenvalue weighted by atomic mass is 10.2. The molecule has 0 bridgehead atoms. The van der Waals surface area contributed by atoms with Crippen LogP contribution in [0.2, 0.25) is 0 Å². The first-order valence-electron chi connectivity index (χ1n) is 4.55. The maximum Gasteiger partial charge on any atom is 0.217 e. The lowest BCUT2D eigenvalue weighted by molar-refractivity contribution is 0.594. The summed E-state index contributed by atoms with van der Waals surface area (Å²) >= 11 is 0. The Morgan fingerprint density at radius 2 is 2.00 bits per heavy atom. The van der Waals surface area contributed by atoms with Crippen LogP contribution in [0.15, 0.2) is 23.2 Å². The molecule has 14 heavy (non-hydrogen) atoms. The molecule has 2 rings (SSSR count). The summed E-state index contributed by atoms with van der Waals surface area (Å²) < 4.78 is 0. The predicted octanol–water partition coefficient (Wildman–Crippen LogP) is 1.47. The Morgan fingerprint density at radius 3 is 2.71 bits per heavy atom. The molecular weight excluding hydrogens is 176 g/mol. The lowest BCUT2D eigenvalue weighted by Crippen LogP contribution is -2.41. The highest BCUT2D eigenvalue weighted by atomic mass is 15.5. The number of guanidine groups is 1. The first-order chi connectivity index (χ1) is 6.66. The average Bonchev–Trinajstić information content (AvgIpc) is 2.16. The van der Waals surface area contributed by atoms with Crippen molar-refractivity contribution in [3.63, 3.8) is 0 Å². The number of benzene rings is 1. The average molecular weight is 190 g/mol. The van der Waals surface area contributed by atoms with Gasteiger partial charge in [-0.05, 0) is 24.6 Å². The van der Waals surface area contributed by atoms with E-state index in [9.17, 15) is 0 Å². The van der Waals surface area contributed by atoms with Gasteiger partial charge >= 0.3 is 0 Å². The predicted molar refractivity (Wildman–Crippen MR) is 58.7 cm³/mol. The maximum absolute atomic E-state index is 4.45. The number of aryl methyl sites for hydroxylation is 1. The van der Waals surface area contributed by atoms with Crippen molar-refractivity contribution in [1.29, 1.82) is 0 Å². The molecule has 0 aliphatic carbocycles. The smallest absolute Gasteiger partial charge is 0.217 e. The van der Waals surface area contributed by atoms with Crippen molar-refractivity contribution in [3.8, 4) is 0 Å². The third-order valence-corrected chi connectivity index (χ3v) is 2.11. The standard InChI is InChI=1S/C10H14N4/c1-7-4-5-8-9(6-7)12-13-10(11-8)14(2)3/h4-6,12H,1-3H3,(H,11,13). The van der Waals surface area contributed by atoms with Crippen molar-refractivity contribution in [1.82, 2.24) is 10.3 Å². The van der Waals surface area contributed by atoms with E-state index in [2.05, 4.69) is 34.9 Å². The Bertz CT molecular complexity index is 382. The fraction of sp³-hybridized carbons (Fsp3) is 0.300. The van der Waals surface area contributed by atoms with Gasteiger partial charge < -0.3 is 4.90 Å². The van der Waals surface area contributed by atoms with Crippen molar-refractivity contribution in [2.75, 3.05) is 19.5 Å². The molecule has 0 aromatic heterocycles. The molecule has 0 saturated carbocycles. The van der Waals surface area contributed by atoms with Crippen LogP contribution in [0, 0.1) is 6.92 Å². The minimum atomic E-state index is 0.821. The number of nitrogens with zero attached hydrogens (tertiary/aromatic N) is 2. The molecule has 1 aliphatic rings. The summed E-state index contributed by atoms with van der Waals surface area (Å²) in [5.74, 6) is 0.821. The Hall–Kier alpha value is -1.71. The van der Waals surface area contributed by atoms with Crippen LogP contribution in [-0.2, 0) is 0 Å². The Kier molecular flexibility index (Phi) is 2.04. The maximum atomic E-state index is 4.45. The second-order valence-corrected chi connectivity index (χ2v) is 3.60. The minimum Gasteiger partial charge on any atom is -0.347 e. The van der Waals surface area contributed by atoms with E-state index in [1.165, 1.54) is 5.56 Å². The summed E-state index contributed by atoms with van der Waals surface area (Å²) in [6.45, 7) is 2.06. The van der Waals surface area contributed by atoms with Crippen LogP contribution in [-0.4, -0.2) is 25.0 Å². The van der Waals surface area contributed by atoms with E-state index in [0.29, 0.717) is 0 Å². The SMILES string of the molecule is Cc1ccc2c(c1)NNC(N(C)C)=N2. The number of fused-ring (bicyclic) bond motifs is 1. The molecular formula is C10H14N4. The fourth-order valence-corrected chi connectivity index (χ4v) is 1.32. The molecule has 1 aromatic carbocycles. The first kappa shape index (κ1) is 8.87. The van der Waals surface area contributed by atoms with Gasteiger partial charge in [0.2, 0.25) is 5.96 Å². The normalized spacial score (nSPS) is 13.5. The zero-order valence-electron chi connectivity index (χ0n) is 8.63. The first-order valence-corrected chi connectivity index (χ1v) is 4.55. The van der Waals surface area contributed by atoms with Gasteiger partial charge in [-0.2, -0.15) is 0 Å². The van der Waals surface area contributed by atoms with Gasteiger partial charge in [-0.25, -0.2) is 4.99 Å². The molecule has 1 aliphatic heterocycles. The Balaban J connectivity index is 2.40. The van der Waals surface area contributed by atoms with Gasteiger partial charge in [0.25, 0.3) is 0 Å². The number of rotatable bonds is 0. The van der Waals surface area contributed by atoms with Gasteiger partial charge in [-0.3, -0.25) is 10.9 Å². The van der Waals surface area contributed by atoms with Crippen molar-refractivity contribution < 1.29 is 0 Å². The number of hydrogen-bond acceptors (Lipinski definition) is 4. The number of aliphatic imine (C=N–C) groups is 1. The van der Waals surface area contributed by atoms with Gasteiger partial charge in [0.05, 0.1) is 11.4 Å². The van der Waals surface area contributed by atoms with Crippen molar-refractivity contribution in [2.24, 2.45) is 4.99 Å². The third-order valence-electron chi connectivity index (χ3n) is 2.11. The zero-order valence-corrected chi connectivity index (χ0v) is 8.63. The molecule has 4 heteroatoms. The summed E-state index contributed by atoms with van der Waals surface area (Å²) in [6.07, 6.45) is 0. The van der Waals surface area contributed by atoms with Crippen molar-refractivity contribution >= 4 is 17.3 Å². The molecule has 0 amide bonds. The molecule has 0 saturated heterocycles. The van der Waals surface area contributed by atoms with Crippen LogP contribution in [0.1, 0.15) is 5.56 Å². The molecule has 0 radical (unpaired) electrons. The molecule has 1 aromatic rings. The van der Waals surface area contributed by atoms with Gasteiger partial charge in [-0.1, -0.05) is 6.07 Å². The monoisotopic (exact) mass is 190 g/mol. The number of hydrogen-bond donors (Lipinski definition) is 2. The topological polar surface area (TPSA) is 39.7 Å². The molecule has 2 N–H and O–H groups in total. The van der Waals surface area contributed by atoms with E-state index in [0.717, 1.165) is 17.3 Å². The largest absolute Gasteiger partial charge is 0.347 e. The second kappa shape index (κ2) is 3.21. The van der Waals surface area contributed by atoms with Crippen LogP contribution in [0.5, 0.6) is 0 Å². The number of anilines is 1. The lowest BCUT2D eigenvalue weighted by Gasteiger charge is -2.23. The summed E-state index contributed by atoms with van der Waals surface area (Å²) in [4.78, 5) is 6.38. The van der Waals surface area contributed by atoms with Crippen molar-refractivity contribution in [2.45, 2.75) is 6.92 Å². The van der Waals surface area contributed by atoms with E-state index in [4.69, 9.17) is 0 Å². The summed E-state index contributed by atoms with van der Waals surface area (Å²) in [5.41, 5.74) is 9.36. The molecule has 4 nitrogen and oxygen atoms in total. The van der Waals surface area contributed by atoms with Crippen LogP contribution in [0.25, 0.3) is 0 Å². The highest BCUT2D eigenvalue weighted by Crippen LogP contribution is 2.27. The zero-order chi connectivity index (χ0) is 10.1. The molecule has 0 unspecified atom stereocenters. The van der Waals surface area contributed by atoms with Crippen LogP contribution in [0.3, 0.4) is 0 Å². The molecule has 1 heterocycles. The number of nitrogens with one attached hydrogen (secondary N) is 2. The van der Waals surface area contributed by atoms with Crippen LogP contribution >= 0.6 is 0 Å². The second-order valence-electron chi connectivity index (χ2n) is 3.60. The Labute approximate surface area is 83.6 Å². The highest BCUT2D eigenvalue weighted by Gasteiger charge is 2.11. The quantitative estimate of drug-likeness (QED) is 0.651. The molecule has 0 fully saturated rings. The van der Waals surface area contributed by atoms with Gasteiger partial charge in [0, 0.05) is 14.1 Å². The van der Waals surface area contributed by atoms with Crippen LogP contribution in [0.4, 0.5) is 11.4 Å². The van der Waals surface area contributed by atoms with Gasteiger partial charge in [0.1, 0.15) is 0 Å². The summed E-state index contributed by atoms with van der Waals surface area (Å²) in [5, 5.41) is 0. The third kappa shape index (κ3) is 1.51. The molecule has 0 spiro atoms. The van der Waals surface area contributed by atoms with E-state index in [1.807, 2.05) is 25.1 Å². The number of hydrazine groups is 1. The van der Waals surface area contributed by atoms with Gasteiger partial charge in [-0.15, -0.1) is 0 Å². The van der Waals surface area contributed by atoms with E-state index >= 15 is 0 Å². The van der Waals surface area contributed by atoms with E-state index in [-0.39, 0.29) is 0 Å². The van der Waals surface area contributed by atoms with E-state index in [1.54, 1.807) is 0 Å². The summed E-state index contributed by atoms with van der Waals surface area (Å²) in [7, 11) is 3.90. The van der Waals surface area contributed by atoms with Crippen LogP contribution < -0.4 is 10.9 Å². The minimum absolute atomic E-state index is 0.821. The summed E-state index contributed by atoms with van der Waals surface area (Å²) in [6, 6.07) is 6.14. The van der Waals surface area contributed by atoms with Gasteiger partial charge in [0.15, 0.2) is 0 Å². The Morgan fingerprint density at radius 1 is 1.21 bits per heavy atom. The van der Waals surface area contributed by atoms with E-state index < -0.39 is 0 Å². The highest BCUT2D eigenvalue weighted by molar-refractivity contribution is 5.89. The molecule has 0 atom stereocenters. The van der Waals surface area contributed by atoms with Crippen molar-refractivity contribution in [3.05, 3.63) is 23.8 Å². The fourth-order valence-electron chi connectivity index (χ4n) is 1.32. The molecule has 74 valence electrons.